The predicted molar refractivity (Wildman–Crippen MR) is 97.4 cm³/mol. The highest BCUT2D eigenvalue weighted by Crippen LogP contribution is 2.22. The number of pyridine rings is 2. The highest BCUT2D eigenvalue weighted by atomic mass is 28.3. The molecule has 3 heteroatoms. The molecule has 0 unspecified atom stereocenters. The third kappa shape index (κ3) is 2.81. The van der Waals surface area contributed by atoms with Gasteiger partial charge >= 0.3 is 0 Å². The van der Waals surface area contributed by atoms with Crippen LogP contribution < -0.4 is 5.19 Å². The van der Waals surface area contributed by atoms with E-state index < -0.39 is 8.07 Å². The van der Waals surface area contributed by atoms with Gasteiger partial charge < -0.3 is 0 Å². The maximum Gasteiger partial charge on any atom is 0.0918 e. The SMILES string of the molecule is Cc1ccc(C)c(-c2ccc3cc([Si](C)(C)C)ccc3n2)n1. The van der Waals surface area contributed by atoms with Gasteiger partial charge in [0, 0.05) is 11.1 Å². The molecule has 2 aromatic heterocycles. The molecule has 0 radical (unpaired) electrons. The number of nitrogens with zero attached hydrogens (tertiary/aromatic N) is 2. The quantitative estimate of drug-likeness (QED) is 0.653. The molecule has 22 heavy (non-hydrogen) atoms. The number of benzene rings is 1. The second kappa shape index (κ2) is 5.32. The first-order chi connectivity index (χ1) is 10.3. The molecule has 0 N–H and O–H groups in total. The number of fused-ring (bicyclic) bond motifs is 1. The summed E-state index contributed by atoms with van der Waals surface area (Å²) in [6.45, 7) is 11.2. The van der Waals surface area contributed by atoms with Gasteiger partial charge in [0.05, 0.1) is 25.0 Å². The lowest BCUT2D eigenvalue weighted by Gasteiger charge is -2.17. The minimum atomic E-state index is -1.28. The van der Waals surface area contributed by atoms with E-state index >= 15 is 0 Å². The average molecular weight is 306 g/mol. The van der Waals surface area contributed by atoms with Crippen molar-refractivity contribution in [3.05, 3.63) is 53.7 Å². The Balaban J connectivity index is 2.13. The minimum Gasteiger partial charge on any atom is -0.251 e. The van der Waals surface area contributed by atoms with E-state index in [1.165, 1.54) is 10.6 Å². The highest BCUT2D eigenvalue weighted by molar-refractivity contribution is 6.88. The fourth-order valence-electron chi connectivity index (χ4n) is 2.61. The van der Waals surface area contributed by atoms with E-state index in [-0.39, 0.29) is 0 Å². The van der Waals surface area contributed by atoms with Gasteiger partial charge in [0.1, 0.15) is 0 Å². The van der Waals surface area contributed by atoms with Gasteiger partial charge in [0.25, 0.3) is 0 Å². The molecule has 3 aromatic rings. The van der Waals surface area contributed by atoms with Crippen LogP contribution >= 0.6 is 0 Å². The van der Waals surface area contributed by atoms with Crippen LogP contribution in [0.5, 0.6) is 0 Å². The van der Waals surface area contributed by atoms with Crippen molar-refractivity contribution < 1.29 is 0 Å². The zero-order chi connectivity index (χ0) is 15.9. The second-order valence-corrected chi connectivity index (χ2v) is 12.0. The van der Waals surface area contributed by atoms with E-state index in [1.54, 1.807) is 0 Å². The van der Waals surface area contributed by atoms with E-state index in [0.717, 1.165) is 28.2 Å². The summed E-state index contributed by atoms with van der Waals surface area (Å²) in [5.41, 5.74) is 5.17. The van der Waals surface area contributed by atoms with Crippen molar-refractivity contribution in [2.75, 3.05) is 0 Å². The van der Waals surface area contributed by atoms with Gasteiger partial charge in [-0.15, -0.1) is 0 Å². The Morgan fingerprint density at radius 3 is 2.32 bits per heavy atom. The van der Waals surface area contributed by atoms with Crippen molar-refractivity contribution in [1.29, 1.82) is 0 Å². The Kier molecular flexibility index (Phi) is 3.61. The van der Waals surface area contributed by atoms with Crippen molar-refractivity contribution in [2.45, 2.75) is 33.5 Å². The fourth-order valence-corrected chi connectivity index (χ4v) is 3.78. The van der Waals surface area contributed by atoms with Gasteiger partial charge in [-0.1, -0.05) is 49.1 Å². The van der Waals surface area contributed by atoms with E-state index in [0.29, 0.717) is 0 Å². The minimum absolute atomic E-state index is 0.953. The highest BCUT2D eigenvalue weighted by Gasteiger charge is 2.16. The van der Waals surface area contributed by atoms with E-state index in [4.69, 9.17) is 4.98 Å². The summed E-state index contributed by atoms with van der Waals surface area (Å²) in [5.74, 6) is 0. The molecule has 2 nitrogen and oxygen atoms in total. The Morgan fingerprint density at radius 2 is 1.59 bits per heavy atom. The maximum atomic E-state index is 4.82. The summed E-state index contributed by atoms with van der Waals surface area (Å²) < 4.78 is 0. The topological polar surface area (TPSA) is 25.8 Å². The van der Waals surface area contributed by atoms with Gasteiger partial charge in [0.2, 0.25) is 0 Å². The molecule has 0 bridgehead atoms. The first-order valence-corrected chi connectivity index (χ1v) is 11.2. The first kappa shape index (κ1) is 14.9. The van der Waals surface area contributed by atoms with Gasteiger partial charge in [-0.25, -0.2) is 4.98 Å². The number of rotatable bonds is 2. The molecule has 0 saturated carbocycles. The zero-order valence-corrected chi connectivity index (χ0v) is 14.9. The molecular formula is C19H22N2Si. The van der Waals surface area contributed by atoms with Gasteiger partial charge in [0.15, 0.2) is 0 Å². The van der Waals surface area contributed by atoms with Crippen molar-refractivity contribution in [3.63, 3.8) is 0 Å². The predicted octanol–water partition coefficient (Wildman–Crippen LogP) is 4.46. The van der Waals surface area contributed by atoms with Crippen molar-refractivity contribution in [2.24, 2.45) is 0 Å². The van der Waals surface area contributed by atoms with Crippen LogP contribution in [0.2, 0.25) is 19.6 Å². The third-order valence-corrected chi connectivity index (χ3v) is 6.08. The lowest BCUT2D eigenvalue weighted by molar-refractivity contribution is 1.16. The number of aromatic nitrogens is 2. The van der Waals surface area contributed by atoms with Gasteiger partial charge in [-0.3, -0.25) is 4.98 Å². The largest absolute Gasteiger partial charge is 0.251 e. The summed E-state index contributed by atoms with van der Waals surface area (Å²) in [4.78, 5) is 9.47. The normalized spacial score (nSPS) is 11.9. The average Bonchev–Trinajstić information content (AvgIpc) is 2.47. The molecule has 0 atom stereocenters. The van der Waals surface area contributed by atoms with Crippen LogP contribution in [-0.4, -0.2) is 18.0 Å². The van der Waals surface area contributed by atoms with Crippen molar-refractivity contribution in [1.82, 2.24) is 9.97 Å². The molecule has 0 aliphatic rings. The van der Waals surface area contributed by atoms with Crippen molar-refractivity contribution >= 4 is 24.2 Å². The van der Waals surface area contributed by atoms with Crippen LogP contribution in [-0.2, 0) is 0 Å². The maximum absolute atomic E-state index is 4.82. The Bertz CT molecular complexity index is 848. The molecule has 0 aliphatic heterocycles. The summed E-state index contributed by atoms with van der Waals surface area (Å²) in [6.07, 6.45) is 0. The van der Waals surface area contributed by atoms with Crippen LogP contribution in [0.15, 0.2) is 42.5 Å². The lowest BCUT2D eigenvalue weighted by Crippen LogP contribution is -2.37. The van der Waals surface area contributed by atoms with E-state index in [1.807, 2.05) is 13.0 Å². The van der Waals surface area contributed by atoms with E-state index in [2.05, 4.69) is 67.9 Å². The van der Waals surface area contributed by atoms with Crippen LogP contribution in [0.4, 0.5) is 0 Å². The third-order valence-electron chi connectivity index (χ3n) is 4.03. The van der Waals surface area contributed by atoms with Crippen LogP contribution in [0, 0.1) is 13.8 Å². The Hall–Kier alpha value is -2.00. The molecule has 0 aliphatic carbocycles. The smallest absolute Gasteiger partial charge is 0.0918 e. The number of hydrogen-bond donors (Lipinski definition) is 0. The lowest BCUT2D eigenvalue weighted by atomic mass is 10.1. The molecular weight excluding hydrogens is 284 g/mol. The monoisotopic (exact) mass is 306 g/mol. The summed E-state index contributed by atoms with van der Waals surface area (Å²) in [7, 11) is -1.28. The molecule has 0 saturated heterocycles. The Labute approximate surface area is 133 Å². The summed E-state index contributed by atoms with van der Waals surface area (Å²) in [6, 6.07) is 15.1. The van der Waals surface area contributed by atoms with Gasteiger partial charge in [-0.2, -0.15) is 0 Å². The van der Waals surface area contributed by atoms with Crippen LogP contribution in [0.25, 0.3) is 22.3 Å². The fraction of sp³-hybridized carbons (Fsp3) is 0.263. The molecule has 1 aromatic carbocycles. The molecule has 3 rings (SSSR count). The molecule has 0 fully saturated rings. The molecule has 2 heterocycles. The first-order valence-electron chi connectivity index (χ1n) is 7.70. The molecule has 0 spiro atoms. The molecule has 112 valence electrons. The summed E-state index contributed by atoms with van der Waals surface area (Å²) in [5, 5.41) is 2.69. The Morgan fingerprint density at radius 1 is 0.818 bits per heavy atom. The molecule has 0 amide bonds. The standard InChI is InChI=1S/C19H22N2Si/c1-13-6-7-14(2)20-19(13)18-10-8-15-12-16(22(3,4)5)9-11-17(15)21-18/h6-12H,1-5H3. The van der Waals surface area contributed by atoms with Crippen molar-refractivity contribution in [3.8, 4) is 11.4 Å². The van der Waals surface area contributed by atoms with Crippen LogP contribution in [0.1, 0.15) is 11.3 Å². The summed E-state index contributed by atoms with van der Waals surface area (Å²) >= 11 is 0. The second-order valence-electron chi connectivity index (χ2n) is 6.97. The van der Waals surface area contributed by atoms with Gasteiger partial charge in [-0.05, 0) is 37.6 Å². The number of aryl methyl sites for hydroxylation is 2. The van der Waals surface area contributed by atoms with E-state index in [9.17, 15) is 0 Å². The number of hydrogen-bond acceptors (Lipinski definition) is 2. The zero-order valence-electron chi connectivity index (χ0n) is 13.9. The van der Waals surface area contributed by atoms with Crippen LogP contribution in [0.3, 0.4) is 0 Å².